The summed E-state index contributed by atoms with van der Waals surface area (Å²) < 4.78 is 5.16. The van der Waals surface area contributed by atoms with Crippen molar-refractivity contribution in [1.29, 1.82) is 0 Å². The summed E-state index contributed by atoms with van der Waals surface area (Å²) in [7, 11) is 2.19. The second-order valence-corrected chi connectivity index (χ2v) is 8.72. The van der Waals surface area contributed by atoms with Crippen molar-refractivity contribution < 1.29 is 14.3 Å². The predicted molar refractivity (Wildman–Crippen MR) is 115 cm³/mol. The molecule has 2 amide bonds. The average Bonchev–Trinajstić information content (AvgIpc) is 2.71. The maximum Gasteiger partial charge on any atom is 0.407 e. The first kappa shape index (κ1) is 23.2. The maximum atomic E-state index is 12.4. The van der Waals surface area contributed by atoms with Crippen LogP contribution in [0.2, 0.25) is 0 Å². The van der Waals surface area contributed by atoms with Crippen LogP contribution in [0, 0.1) is 11.8 Å². The number of alkyl carbamates (subject to hydrolysis) is 1. The van der Waals surface area contributed by atoms with Crippen LogP contribution in [0.15, 0.2) is 30.3 Å². The van der Waals surface area contributed by atoms with Gasteiger partial charge in [-0.15, -0.1) is 0 Å². The molecule has 3 atom stereocenters. The topological polar surface area (TPSA) is 70.7 Å². The van der Waals surface area contributed by atoms with E-state index in [2.05, 4.69) is 50.3 Å². The highest BCUT2D eigenvalue weighted by Crippen LogP contribution is 2.33. The quantitative estimate of drug-likeness (QED) is 0.696. The molecule has 6 nitrogen and oxygen atoms in total. The van der Waals surface area contributed by atoms with Gasteiger partial charge in [-0.3, -0.25) is 4.79 Å². The van der Waals surface area contributed by atoms with Gasteiger partial charge >= 0.3 is 6.09 Å². The number of carbonyl (C=O) groups excluding carboxylic acids is 2. The zero-order valence-electron chi connectivity index (χ0n) is 18.5. The van der Waals surface area contributed by atoms with Gasteiger partial charge in [0.25, 0.3) is 0 Å². The first-order valence-electron chi connectivity index (χ1n) is 10.7. The molecule has 2 rings (SSSR count). The molecule has 6 heteroatoms. The smallest absolute Gasteiger partial charge is 0.407 e. The molecule has 29 heavy (non-hydrogen) atoms. The lowest BCUT2D eigenvalue weighted by molar-refractivity contribution is -0.121. The van der Waals surface area contributed by atoms with E-state index in [1.165, 1.54) is 0 Å². The van der Waals surface area contributed by atoms with E-state index >= 15 is 0 Å². The third-order valence-electron chi connectivity index (χ3n) is 6.07. The van der Waals surface area contributed by atoms with Gasteiger partial charge in [-0.1, -0.05) is 44.2 Å². The number of amides is 2. The van der Waals surface area contributed by atoms with Crippen molar-refractivity contribution in [2.45, 2.75) is 71.7 Å². The van der Waals surface area contributed by atoms with E-state index in [-0.39, 0.29) is 25.1 Å². The van der Waals surface area contributed by atoms with Gasteiger partial charge in [0.1, 0.15) is 13.2 Å². The number of nitrogens with one attached hydrogen (secondary N) is 2. The molecule has 0 spiro atoms. The summed E-state index contributed by atoms with van der Waals surface area (Å²) >= 11 is 0. The first-order valence-corrected chi connectivity index (χ1v) is 10.7. The second kappa shape index (κ2) is 11.2. The number of nitrogens with zero attached hydrogens (tertiary/aromatic N) is 1. The molecule has 0 bridgehead atoms. The van der Waals surface area contributed by atoms with Gasteiger partial charge in [-0.2, -0.15) is 0 Å². The van der Waals surface area contributed by atoms with Gasteiger partial charge in [0, 0.05) is 18.1 Å². The van der Waals surface area contributed by atoms with Crippen LogP contribution in [-0.2, 0) is 16.1 Å². The lowest BCUT2D eigenvalue weighted by atomic mass is 9.75. The zero-order chi connectivity index (χ0) is 21.4. The van der Waals surface area contributed by atoms with E-state index in [1.807, 2.05) is 30.3 Å². The van der Waals surface area contributed by atoms with Gasteiger partial charge in [0.15, 0.2) is 0 Å². The predicted octanol–water partition coefficient (Wildman–Crippen LogP) is 3.56. The van der Waals surface area contributed by atoms with Gasteiger partial charge in [0.05, 0.1) is 0 Å². The van der Waals surface area contributed by atoms with Crippen LogP contribution in [-0.4, -0.2) is 48.6 Å². The Morgan fingerprint density at radius 3 is 2.45 bits per heavy atom. The fourth-order valence-electron chi connectivity index (χ4n) is 4.07. The highest BCUT2D eigenvalue weighted by Gasteiger charge is 2.35. The summed E-state index contributed by atoms with van der Waals surface area (Å²) in [6.45, 7) is 9.02. The van der Waals surface area contributed by atoms with Gasteiger partial charge < -0.3 is 20.3 Å². The minimum atomic E-state index is -0.577. The lowest BCUT2D eigenvalue weighted by Gasteiger charge is -2.43. The van der Waals surface area contributed by atoms with Crippen molar-refractivity contribution in [3.63, 3.8) is 0 Å². The summed E-state index contributed by atoms with van der Waals surface area (Å²) in [6, 6.07) is 10.7. The first-order chi connectivity index (χ1) is 13.8. The van der Waals surface area contributed by atoms with Crippen LogP contribution >= 0.6 is 0 Å². The molecule has 162 valence electrons. The van der Waals surface area contributed by atoms with Crippen LogP contribution in [0.25, 0.3) is 0 Å². The summed E-state index contributed by atoms with van der Waals surface area (Å²) in [4.78, 5) is 26.7. The van der Waals surface area contributed by atoms with Crippen LogP contribution in [0.3, 0.4) is 0 Å². The van der Waals surface area contributed by atoms with Crippen molar-refractivity contribution in [3.8, 4) is 0 Å². The van der Waals surface area contributed by atoms with E-state index in [1.54, 1.807) is 0 Å². The lowest BCUT2D eigenvalue weighted by Crippen LogP contribution is -2.52. The molecule has 1 fully saturated rings. The van der Waals surface area contributed by atoms with Crippen molar-refractivity contribution in [2.75, 3.05) is 13.6 Å². The summed E-state index contributed by atoms with van der Waals surface area (Å²) in [6.07, 6.45) is 2.56. The molecule has 2 N–H and O–H groups in total. The highest BCUT2D eigenvalue weighted by atomic mass is 16.5. The van der Waals surface area contributed by atoms with E-state index in [0.717, 1.165) is 24.8 Å². The molecule has 1 aromatic rings. The van der Waals surface area contributed by atoms with E-state index in [0.29, 0.717) is 23.9 Å². The van der Waals surface area contributed by atoms with Crippen molar-refractivity contribution in [3.05, 3.63) is 35.9 Å². The number of carbonyl (C=O) groups is 2. The summed E-state index contributed by atoms with van der Waals surface area (Å²) in [5.41, 5.74) is 0.912. The molecule has 1 aliphatic rings. The minimum Gasteiger partial charge on any atom is -0.445 e. The Morgan fingerprint density at radius 1 is 1.14 bits per heavy atom. The molecular weight excluding hydrogens is 366 g/mol. The summed E-state index contributed by atoms with van der Waals surface area (Å²) in [5.74, 6) is 0.768. The Morgan fingerprint density at radius 2 is 1.83 bits per heavy atom. The number of hydrogen-bond acceptors (Lipinski definition) is 4. The molecule has 1 aliphatic carbocycles. The monoisotopic (exact) mass is 403 g/mol. The molecule has 0 unspecified atom stereocenters. The Hall–Kier alpha value is -2.08. The number of ether oxygens (including phenoxy) is 1. The molecule has 0 heterocycles. The molecule has 0 aliphatic heterocycles. The molecule has 0 radical (unpaired) electrons. The van der Waals surface area contributed by atoms with Gasteiger partial charge in [-0.05, 0) is 57.6 Å². The van der Waals surface area contributed by atoms with E-state index in [9.17, 15) is 9.59 Å². The zero-order valence-corrected chi connectivity index (χ0v) is 18.5. The number of hydrogen-bond donors (Lipinski definition) is 2. The Balaban J connectivity index is 1.77. The van der Waals surface area contributed by atoms with Crippen molar-refractivity contribution in [2.24, 2.45) is 11.8 Å². The Bertz CT molecular complexity index is 648. The average molecular weight is 404 g/mol. The van der Waals surface area contributed by atoms with Crippen LogP contribution < -0.4 is 10.6 Å². The molecule has 0 aromatic heterocycles. The normalized spacial score (nSPS) is 22.0. The molecule has 1 aromatic carbocycles. The van der Waals surface area contributed by atoms with Crippen LogP contribution in [0.5, 0.6) is 0 Å². The highest BCUT2D eigenvalue weighted by molar-refractivity contribution is 5.82. The number of benzene rings is 1. The van der Waals surface area contributed by atoms with E-state index in [4.69, 9.17) is 4.74 Å². The van der Waals surface area contributed by atoms with Crippen molar-refractivity contribution >= 4 is 12.0 Å². The van der Waals surface area contributed by atoms with Gasteiger partial charge in [0.2, 0.25) is 5.91 Å². The standard InChI is InChI=1S/C23H37N3O3/c1-16(2)20-13-19(26(5)17(3)4)11-12-21(20)25-22(27)14-24-23(28)29-15-18-9-7-6-8-10-18/h6-10,16-17,19-21H,11-15H2,1-5H3,(H,24,28)(H,25,27)/t19-,20+,21+/m1/s1. The van der Waals surface area contributed by atoms with Gasteiger partial charge in [-0.25, -0.2) is 4.79 Å². The third-order valence-corrected chi connectivity index (χ3v) is 6.07. The summed E-state index contributed by atoms with van der Waals surface area (Å²) in [5, 5.41) is 5.69. The van der Waals surface area contributed by atoms with Crippen LogP contribution in [0.4, 0.5) is 4.79 Å². The molecular formula is C23H37N3O3. The minimum absolute atomic E-state index is 0.0652. The fourth-order valence-corrected chi connectivity index (χ4v) is 4.07. The SMILES string of the molecule is CC(C)[C@@H]1C[C@H](N(C)C(C)C)CC[C@@H]1NC(=O)CNC(=O)OCc1ccccc1. The van der Waals surface area contributed by atoms with E-state index < -0.39 is 6.09 Å². The fraction of sp³-hybridized carbons (Fsp3) is 0.652. The largest absolute Gasteiger partial charge is 0.445 e. The third kappa shape index (κ3) is 7.35. The maximum absolute atomic E-state index is 12.4. The van der Waals surface area contributed by atoms with Crippen molar-refractivity contribution in [1.82, 2.24) is 15.5 Å². The molecule has 0 saturated heterocycles. The Kier molecular flexibility index (Phi) is 8.96. The molecule has 1 saturated carbocycles. The Labute approximate surface area is 175 Å². The second-order valence-electron chi connectivity index (χ2n) is 8.72. The number of rotatable bonds is 8. The van der Waals surface area contributed by atoms with Crippen LogP contribution in [0.1, 0.15) is 52.5 Å².